The molecule has 1 unspecified atom stereocenters. The number of nitrogens with zero attached hydrogens (tertiary/aromatic N) is 2. The maximum absolute atomic E-state index is 14.1. The molecule has 2 N–H and O–H groups in total. The molecule has 2 aromatic carbocycles. The number of halogens is 1. The molecule has 0 radical (unpaired) electrons. The van der Waals surface area contributed by atoms with E-state index in [0.29, 0.717) is 18.1 Å². The Hall–Kier alpha value is -2.26. The summed E-state index contributed by atoms with van der Waals surface area (Å²) >= 11 is 6.46. The minimum Gasteiger partial charge on any atom is -0.490 e. The standard InChI is InChI=1S/C38H52ClN3O4S/c1-25-18-31(41-16-5-4-6-17-41)21-35(43)32-12-9-29(32)22-42-23-38(15-7-8-27-19-30(39)11-13-33(27)38)24-46-36-14-10-28(20-34(36)42)37(44)40-47(3,45)26(25)2/h10-11,13-14,19-20,25-26,29,31-32,35,43H,3-9,12,15-18,21-24H2,1-2H3,(H,40,44,45)/t25-,26+,29-,31+,32+,35-,38-,47?/m0/s1. The van der Waals surface area contributed by atoms with Crippen molar-refractivity contribution >= 4 is 38.8 Å². The molecular weight excluding hydrogens is 630 g/mol. The molecule has 3 heterocycles. The zero-order valence-corrected chi connectivity index (χ0v) is 29.7. The number of fused-ring (bicyclic) bond motifs is 4. The number of hydrogen-bond acceptors (Lipinski definition) is 6. The second-order valence-corrected chi connectivity index (χ2v) is 18.3. The number of aliphatic hydroxyl groups excluding tert-OH is 1. The van der Waals surface area contributed by atoms with Gasteiger partial charge in [-0.1, -0.05) is 31.0 Å². The van der Waals surface area contributed by atoms with Gasteiger partial charge in [0.2, 0.25) is 0 Å². The maximum Gasteiger partial charge on any atom is 0.262 e. The van der Waals surface area contributed by atoms with Gasteiger partial charge in [0.1, 0.15) is 5.75 Å². The number of aryl methyl sites for hydroxylation is 1. The molecule has 2 fully saturated rings. The lowest BCUT2D eigenvalue weighted by atomic mass is 9.67. The molecule has 1 saturated carbocycles. The fourth-order valence-corrected chi connectivity index (χ4v) is 11.0. The van der Waals surface area contributed by atoms with Gasteiger partial charge in [0.05, 0.1) is 28.1 Å². The second kappa shape index (κ2) is 13.2. The SMILES string of the molecule is C=S1(=O)NC(=O)c2ccc3c(c2)N(C[C@@H]2CC[C@H]2[C@@H](O)C[C@H](N2CCCCC2)C[C@H](C)[C@H]1C)C[C@@]1(CCCc2cc(Cl)ccc21)CO3. The van der Waals surface area contributed by atoms with Crippen molar-refractivity contribution in [1.82, 2.24) is 9.62 Å². The average molecular weight is 682 g/mol. The van der Waals surface area contributed by atoms with Gasteiger partial charge in [-0.05, 0) is 143 Å². The third-order valence-corrected chi connectivity index (χ3v) is 14.9. The number of carbonyl (C=O) groups excluding carboxylic acids is 1. The van der Waals surface area contributed by atoms with Crippen LogP contribution < -0.4 is 14.4 Å². The Morgan fingerprint density at radius 3 is 2.64 bits per heavy atom. The molecule has 9 heteroatoms. The Balaban J connectivity index is 1.27. The van der Waals surface area contributed by atoms with Crippen molar-refractivity contribution in [2.45, 2.75) is 101 Å². The van der Waals surface area contributed by atoms with Crippen molar-refractivity contribution < 1.29 is 18.8 Å². The Kier molecular flexibility index (Phi) is 9.35. The van der Waals surface area contributed by atoms with Crippen molar-refractivity contribution in [3.63, 3.8) is 0 Å². The molecule has 1 saturated heterocycles. The van der Waals surface area contributed by atoms with Gasteiger partial charge in [0, 0.05) is 40.4 Å². The van der Waals surface area contributed by atoms with Crippen LogP contribution in [0.5, 0.6) is 5.75 Å². The van der Waals surface area contributed by atoms with Gasteiger partial charge in [-0.2, -0.15) is 0 Å². The van der Waals surface area contributed by atoms with E-state index in [1.54, 1.807) is 6.07 Å². The van der Waals surface area contributed by atoms with Gasteiger partial charge in [0.25, 0.3) is 5.91 Å². The number of carbonyl (C=O) groups is 1. The molecule has 7 nitrogen and oxygen atoms in total. The molecule has 2 aliphatic carbocycles. The maximum atomic E-state index is 14.1. The first kappa shape index (κ1) is 33.2. The predicted octanol–water partition coefficient (Wildman–Crippen LogP) is 6.23. The lowest BCUT2D eigenvalue weighted by molar-refractivity contribution is -0.0128. The number of anilines is 1. The van der Waals surface area contributed by atoms with Crippen molar-refractivity contribution in [3.8, 4) is 5.75 Å². The lowest BCUT2D eigenvalue weighted by Crippen LogP contribution is -2.51. The van der Waals surface area contributed by atoms with E-state index in [1.807, 2.05) is 25.1 Å². The number of aliphatic hydroxyl groups is 1. The molecule has 1 amide bonds. The Morgan fingerprint density at radius 1 is 1.06 bits per heavy atom. The number of hydrogen-bond donors (Lipinski definition) is 2. The molecule has 2 aromatic rings. The van der Waals surface area contributed by atoms with E-state index >= 15 is 0 Å². The zero-order chi connectivity index (χ0) is 32.9. The van der Waals surface area contributed by atoms with Crippen LogP contribution in [-0.2, 0) is 21.5 Å². The number of benzene rings is 2. The van der Waals surface area contributed by atoms with Gasteiger partial charge >= 0.3 is 0 Å². The van der Waals surface area contributed by atoms with Gasteiger partial charge in [-0.3, -0.25) is 9.52 Å². The minimum absolute atomic E-state index is 0.0601. The molecule has 3 aliphatic heterocycles. The van der Waals surface area contributed by atoms with E-state index in [2.05, 4.69) is 39.4 Å². The minimum atomic E-state index is -2.95. The molecule has 47 heavy (non-hydrogen) atoms. The van der Waals surface area contributed by atoms with Crippen LogP contribution in [0.1, 0.15) is 93.1 Å². The summed E-state index contributed by atoms with van der Waals surface area (Å²) in [5.74, 6) is 5.13. The topological polar surface area (TPSA) is 82.1 Å². The Labute approximate surface area is 286 Å². The normalized spacial score (nSPS) is 36.7. The molecule has 1 spiro atoms. The van der Waals surface area contributed by atoms with E-state index in [0.717, 1.165) is 87.6 Å². The summed E-state index contributed by atoms with van der Waals surface area (Å²) in [5.41, 5.74) is 3.74. The highest BCUT2D eigenvalue weighted by Gasteiger charge is 2.45. The molecule has 7 rings (SSSR count). The summed E-state index contributed by atoms with van der Waals surface area (Å²) in [6.45, 7) is 8.28. The molecule has 8 atom stereocenters. The van der Waals surface area contributed by atoms with Crippen LogP contribution in [0.2, 0.25) is 5.02 Å². The number of rotatable bonds is 1. The average Bonchev–Trinajstić information content (AvgIpc) is 3.18. The van der Waals surface area contributed by atoms with Crippen LogP contribution in [0.4, 0.5) is 5.69 Å². The first-order valence-electron chi connectivity index (χ1n) is 17.9. The predicted molar refractivity (Wildman–Crippen MR) is 192 cm³/mol. The third kappa shape index (κ3) is 6.56. The van der Waals surface area contributed by atoms with Crippen LogP contribution in [0.3, 0.4) is 0 Å². The van der Waals surface area contributed by atoms with E-state index in [1.165, 1.54) is 30.4 Å². The largest absolute Gasteiger partial charge is 0.490 e. The molecule has 0 aromatic heterocycles. The van der Waals surface area contributed by atoms with Crippen LogP contribution in [0.25, 0.3) is 0 Å². The molecule has 5 aliphatic rings. The van der Waals surface area contributed by atoms with Gasteiger partial charge in [-0.15, -0.1) is 0 Å². The summed E-state index contributed by atoms with van der Waals surface area (Å²) in [6.07, 6.45) is 9.96. The second-order valence-electron chi connectivity index (χ2n) is 15.4. The summed E-state index contributed by atoms with van der Waals surface area (Å²) in [4.78, 5) is 18.8. The Morgan fingerprint density at radius 2 is 1.87 bits per heavy atom. The summed E-state index contributed by atoms with van der Waals surface area (Å²) in [6, 6.07) is 12.1. The van der Waals surface area contributed by atoms with E-state index < -0.39 is 9.71 Å². The highest BCUT2D eigenvalue weighted by atomic mass is 35.5. The van der Waals surface area contributed by atoms with E-state index in [4.69, 9.17) is 16.3 Å². The smallest absolute Gasteiger partial charge is 0.262 e. The fraction of sp³-hybridized carbons (Fsp3) is 0.632. The summed E-state index contributed by atoms with van der Waals surface area (Å²) in [5, 5.41) is 12.4. The molecule has 256 valence electrons. The van der Waals surface area contributed by atoms with Crippen LogP contribution in [0, 0.1) is 17.8 Å². The molecule has 2 bridgehead atoms. The van der Waals surface area contributed by atoms with Crippen molar-refractivity contribution in [1.29, 1.82) is 0 Å². The lowest BCUT2D eigenvalue weighted by Gasteiger charge is -2.47. The molecular formula is C38H52ClN3O4S. The van der Waals surface area contributed by atoms with Crippen LogP contribution in [-0.4, -0.2) is 76.2 Å². The fourth-order valence-electron chi connectivity index (χ4n) is 9.30. The number of amides is 1. The first-order chi connectivity index (χ1) is 22.5. The summed E-state index contributed by atoms with van der Waals surface area (Å²) < 4.78 is 23.6. The highest BCUT2D eigenvalue weighted by Crippen LogP contribution is 2.47. The van der Waals surface area contributed by atoms with Crippen molar-refractivity contribution in [2.24, 2.45) is 17.8 Å². The van der Waals surface area contributed by atoms with Gasteiger partial charge in [0.15, 0.2) is 0 Å². The van der Waals surface area contributed by atoms with Crippen molar-refractivity contribution in [3.05, 3.63) is 58.1 Å². The Bertz CT molecular complexity index is 1590. The third-order valence-electron chi connectivity index (χ3n) is 12.5. The highest BCUT2D eigenvalue weighted by molar-refractivity contribution is 7.99. The number of ether oxygens (including phenoxy) is 1. The number of piperidine rings is 1. The monoisotopic (exact) mass is 681 g/mol. The number of likely N-dealkylation sites (tertiary alicyclic amines) is 1. The van der Waals surface area contributed by atoms with Gasteiger partial charge in [-0.25, -0.2) is 4.21 Å². The summed E-state index contributed by atoms with van der Waals surface area (Å²) in [7, 11) is -2.95. The quantitative estimate of drug-likeness (QED) is 0.347. The van der Waals surface area contributed by atoms with E-state index in [9.17, 15) is 14.1 Å². The van der Waals surface area contributed by atoms with E-state index in [-0.39, 0.29) is 40.6 Å². The van der Waals surface area contributed by atoms with Crippen LogP contribution >= 0.6 is 11.6 Å². The van der Waals surface area contributed by atoms with Crippen molar-refractivity contribution in [2.75, 3.05) is 37.7 Å². The zero-order valence-electron chi connectivity index (χ0n) is 28.1. The van der Waals surface area contributed by atoms with Gasteiger partial charge < -0.3 is 19.6 Å². The number of nitrogens with one attached hydrogen (secondary N) is 1. The first-order valence-corrected chi connectivity index (χ1v) is 20.1. The van der Waals surface area contributed by atoms with Crippen LogP contribution in [0.15, 0.2) is 36.4 Å².